The van der Waals surface area contributed by atoms with Gasteiger partial charge < -0.3 is 10.6 Å². The normalized spacial score (nSPS) is 10.8. The first-order valence-electron chi connectivity index (χ1n) is 6.39. The Morgan fingerprint density at radius 3 is 2.55 bits per heavy atom. The van der Waals surface area contributed by atoms with Crippen LogP contribution in [0.4, 0.5) is 0 Å². The van der Waals surface area contributed by atoms with Crippen LogP contribution in [0.25, 0.3) is 0 Å². The number of benzene rings is 1. The molecule has 0 bridgehead atoms. The fourth-order valence-electron chi connectivity index (χ4n) is 1.76. The summed E-state index contributed by atoms with van der Waals surface area (Å²) >= 11 is 1.79. The van der Waals surface area contributed by atoms with E-state index in [0.717, 1.165) is 25.5 Å². The molecular weight excluding hydrogens is 381 g/mol. The van der Waals surface area contributed by atoms with Crippen molar-refractivity contribution in [3.05, 3.63) is 58.3 Å². The predicted molar refractivity (Wildman–Crippen MR) is 98.1 cm³/mol. The average Bonchev–Trinajstić information content (AvgIpc) is 2.97. The van der Waals surface area contributed by atoms with Gasteiger partial charge in [0.25, 0.3) is 0 Å². The van der Waals surface area contributed by atoms with Crippen LogP contribution < -0.4 is 10.6 Å². The van der Waals surface area contributed by atoms with Crippen LogP contribution in [0, 0.1) is 0 Å². The van der Waals surface area contributed by atoms with Crippen molar-refractivity contribution in [3.63, 3.8) is 0 Å². The summed E-state index contributed by atoms with van der Waals surface area (Å²) < 4.78 is 0. The van der Waals surface area contributed by atoms with E-state index in [1.807, 2.05) is 18.2 Å². The smallest absolute Gasteiger partial charge is 0.191 e. The van der Waals surface area contributed by atoms with Gasteiger partial charge in [0.1, 0.15) is 0 Å². The molecule has 5 heteroatoms. The van der Waals surface area contributed by atoms with Crippen molar-refractivity contribution in [2.45, 2.75) is 13.0 Å². The van der Waals surface area contributed by atoms with Crippen LogP contribution in [0.5, 0.6) is 0 Å². The van der Waals surface area contributed by atoms with E-state index < -0.39 is 0 Å². The van der Waals surface area contributed by atoms with Crippen LogP contribution in [-0.2, 0) is 13.0 Å². The first kappa shape index (κ1) is 17.0. The molecule has 0 aliphatic rings. The van der Waals surface area contributed by atoms with E-state index in [2.05, 4.69) is 45.3 Å². The second kappa shape index (κ2) is 9.77. The molecule has 0 radical (unpaired) electrons. The monoisotopic (exact) mass is 401 g/mol. The fraction of sp³-hybridized carbons (Fsp3) is 0.267. The quantitative estimate of drug-likeness (QED) is 0.459. The SMILES string of the molecule is CN=C(NCCc1cccs1)NCc1ccccc1.I. The van der Waals surface area contributed by atoms with E-state index in [9.17, 15) is 0 Å². The van der Waals surface area contributed by atoms with Gasteiger partial charge in [0.2, 0.25) is 0 Å². The van der Waals surface area contributed by atoms with Crippen LogP contribution in [0.1, 0.15) is 10.4 Å². The Hall–Kier alpha value is -1.08. The minimum atomic E-state index is 0. The van der Waals surface area contributed by atoms with Gasteiger partial charge in [-0.1, -0.05) is 36.4 Å². The fourth-order valence-corrected chi connectivity index (χ4v) is 2.47. The van der Waals surface area contributed by atoms with E-state index in [0.29, 0.717) is 0 Å². The molecule has 1 aromatic heterocycles. The highest BCUT2D eigenvalue weighted by molar-refractivity contribution is 14.0. The third kappa shape index (κ3) is 5.92. The van der Waals surface area contributed by atoms with E-state index in [-0.39, 0.29) is 24.0 Å². The highest BCUT2D eigenvalue weighted by Gasteiger charge is 1.98. The molecule has 2 N–H and O–H groups in total. The first-order valence-corrected chi connectivity index (χ1v) is 7.27. The number of nitrogens with one attached hydrogen (secondary N) is 2. The molecule has 108 valence electrons. The summed E-state index contributed by atoms with van der Waals surface area (Å²) in [5.74, 6) is 0.848. The number of nitrogens with zero attached hydrogens (tertiary/aromatic N) is 1. The van der Waals surface area contributed by atoms with Crippen molar-refractivity contribution in [2.75, 3.05) is 13.6 Å². The second-order valence-corrected chi connectivity index (χ2v) is 5.20. The summed E-state index contributed by atoms with van der Waals surface area (Å²) in [6.45, 7) is 1.69. The van der Waals surface area contributed by atoms with E-state index in [4.69, 9.17) is 0 Å². The molecule has 2 aromatic rings. The Labute approximate surface area is 141 Å². The lowest BCUT2D eigenvalue weighted by atomic mass is 10.2. The largest absolute Gasteiger partial charge is 0.356 e. The first-order chi connectivity index (χ1) is 9.38. The number of halogens is 1. The maximum atomic E-state index is 4.22. The van der Waals surface area contributed by atoms with Crippen molar-refractivity contribution in [1.29, 1.82) is 0 Å². The van der Waals surface area contributed by atoms with Gasteiger partial charge in [-0.15, -0.1) is 35.3 Å². The van der Waals surface area contributed by atoms with Gasteiger partial charge in [-0.25, -0.2) is 0 Å². The summed E-state index contributed by atoms with van der Waals surface area (Å²) in [5.41, 5.74) is 1.25. The Kier molecular flexibility index (Phi) is 8.29. The molecular formula is C15H20IN3S. The summed E-state index contributed by atoms with van der Waals surface area (Å²) in [4.78, 5) is 5.61. The summed E-state index contributed by atoms with van der Waals surface area (Å²) in [6.07, 6.45) is 1.03. The van der Waals surface area contributed by atoms with Gasteiger partial charge in [0.05, 0.1) is 0 Å². The number of aliphatic imine (C=N–C) groups is 1. The Morgan fingerprint density at radius 1 is 1.10 bits per heavy atom. The van der Waals surface area contributed by atoms with E-state index in [1.165, 1.54) is 10.4 Å². The lowest BCUT2D eigenvalue weighted by Gasteiger charge is -2.11. The second-order valence-electron chi connectivity index (χ2n) is 4.17. The maximum absolute atomic E-state index is 4.22. The minimum absolute atomic E-state index is 0. The predicted octanol–water partition coefficient (Wildman–Crippen LogP) is 3.27. The van der Waals surface area contributed by atoms with Gasteiger partial charge in [-0.2, -0.15) is 0 Å². The molecule has 0 amide bonds. The van der Waals surface area contributed by atoms with Crippen LogP contribution in [0.2, 0.25) is 0 Å². The zero-order chi connectivity index (χ0) is 13.3. The molecule has 2 rings (SSSR count). The Morgan fingerprint density at radius 2 is 1.90 bits per heavy atom. The molecule has 0 fully saturated rings. The topological polar surface area (TPSA) is 36.4 Å². The summed E-state index contributed by atoms with van der Waals surface area (Å²) in [7, 11) is 1.80. The van der Waals surface area contributed by atoms with E-state index >= 15 is 0 Å². The average molecular weight is 401 g/mol. The zero-order valence-electron chi connectivity index (χ0n) is 11.5. The van der Waals surface area contributed by atoms with Crippen LogP contribution in [0.3, 0.4) is 0 Å². The zero-order valence-corrected chi connectivity index (χ0v) is 14.7. The van der Waals surface area contributed by atoms with Crippen molar-refractivity contribution in [3.8, 4) is 0 Å². The van der Waals surface area contributed by atoms with Gasteiger partial charge in [0.15, 0.2) is 5.96 Å². The summed E-state index contributed by atoms with van der Waals surface area (Å²) in [6, 6.07) is 14.6. The molecule has 3 nitrogen and oxygen atoms in total. The lowest BCUT2D eigenvalue weighted by Crippen LogP contribution is -2.37. The van der Waals surface area contributed by atoms with Gasteiger partial charge >= 0.3 is 0 Å². The maximum Gasteiger partial charge on any atom is 0.191 e. The van der Waals surface area contributed by atoms with Crippen LogP contribution in [0.15, 0.2) is 52.8 Å². The molecule has 0 saturated carbocycles. The number of thiophene rings is 1. The Bertz CT molecular complexity index is 497. The molecule has 0 unspecified atom stereocenters. The molecule has 0 aliphatic carbocycles. The van der Waals surface area contributed by atoms with Crippen molar-refractivity contribution in [2.24, 2.45) is 4.99 Å². The minimum Gasteiger partial charge on any atom is -0.356 e. The highest BCUT2D eigenvalue weighted by atomic mass is 127. The number of hydrogen-bond donors (Lipinski definition) is 2. The van der Waals surface area contributed by atoms with Crippen molar-refractivity contribution in [1.82, 2.24) is 10.6 Å². The lowest BCUT2D eigenvalue weighted by molar-refractivity contribution is 0.799. The standard InChI is InChI=1S/C15H19N3S.HI/c1-16-15(17-10-9-14-8-5-11-19-14)18-12-13-6-3-2-4-7-13;/h2-8,11H,9-10,12H2,1H3,(H2,16,17,18);1H. The van der Waals surface area contributed by atoms with Crippen molar-refractivity contribution < 1.29 is 0 Å². The van der Waals surface area contributed by atoms with Gasteiger partial charge in [-0.05, 0) is 23.4 Å². The molecule has 0 aliphatic heterocycles. The molecule has 20 heavy (non-hydrogen) atoms. The molecule has 0 saturated heterocycles. The van der Waals surface area contributed by atoms with Crippen molar-refractivity contribution >= 4 is 41.3 Å². The molecule has 0 atom stereocenters. The third-order valence-electron chi connectivity index (χ3n) is 2.77. The summed E-state index contributed by atoms with van der Waals surface area (Å²) in [5, 5.41) is 8.74. The number of rotatable bonds is 5. The molecule has 1 heterocycles. The highest BCUT2D eigenvalue weighted by Crippen LogP contribution is 2.07. The van der Waals surface area contributed by atoms with Crippen LogP contribution in [-0.4, -0.2) is 19.6 Å². The third-order valence-corrected chi connectivity index (χ3v) is 3.71. The molecule has 1 aromatic carbocycles. The van der Waals surface area contributed by atoms with E-state index in [1.54, 1.807) is 18.4 Å². The van der Waals surface area contributed by atoms with Gasteiger partial charge in [0, 0.05) is 25.0 Å². The Balaban J connectivity index is 0.00000200. The number of hydrogen-bond acceptors (Lipinski definition) is 2. The van der Waals surface area contributed by atoms with Gasteiger partial charge in [-0.3, -0.25) is 4.99 Å². The number of guanidine groups is 1. The molecule has 0 spiro atoms. The van der Waals surface area contributed by atoms with Crippen LogP contribution >= 0.6 is 35.3 Å².